The van der Waals surface area contributed by atoms with Crippen molar-refractivity contribution in [1.29, 1.82) is 0 Å². The van der Waals surface area contributed by atoms with Crippen LogP contribution in [0.2, 0.25) is 10.0 Å². The van der Waals surface area contributed by atoms with Crippen LogP contribution in [0.4, 0.5) is 5.69 Å². The highest BCUT2D eigenvalue weighted by Gasteiger charge is 2.30. The molecule has 0 aliphatic carbocycles. The van der Waals surface area contributed by atoms with E-state index in [-0.39, 0.29) is 9.92 Å². The fraction of sp³-hybridized carbons (Fsp3) is 0.333. The van der Waals surface area contributed by atoms with E-state index in [2.05, 4.69) is 4.90 Å². The highest BCUT2D eigenvalue weighted by Crippen LogP contribution is 2.31. The van der Waals surface area contributed by atoms with Gasteiger partial charge >= 0.3 is 0 Å². The second-order valence-electron chi connectivity index (χ2n) is 6.12. The minimum atomic E-state index is -3.66. The Morgan fingerprint density at radius 3 is 2.35 bits per heavy atom. The molecule has 1 saturated heterocycles. The lowest BCUT2D eigenvalue weighted by atomic mass is 10.2. The number of nitrogens with zero attached hydrogens (tertiary/aromatic N) is 2. The molecule has 1 fully saturated rings. The van der Waals surface area contributed by atoms with E-state index in [0.717, 1.165) is 11.4 Å². The van der Waals surface area contributed by atoms with E-state index in [9.17, 15) is 8.42 Å². The lowest BCUT2D eigenvalue weighted by molar-refractivity contribution is 0.384. The van der Waals surface area contributed by atoms with Crippen LogP contribution < -0.4 is 9.64 Å². The molecule has 0 bridgehead atoms. The van der Waals surface area contributed by atoms with E-state index >= 15 is 0 Å². The van der Waals surface area contributed by atoms with Crippen LogP contribution in [0.1, 0.15) is 5.56 Å². The van der Waals surface area contributed by atoms with Crippen molar-refractivity contribution in [3.05, 3.63) is 52.0 Å². The molecular weight excluding hydrogens is 395 g/mol. The summed E-state index contributed by atoms with van der Waals surface area (Å²) in [6.07, 6.45) is 0. The smallest absolute Gasteiger partial charge is 0.244 e. The van der Waals surface area contributed by atoms with E-state index in [1.54, 1.807) is 14.0 Å². The van der Waals surface area contributed by atoms with Crippen molar-refractivity contribution < 1.29 is 13.2 Å². The molecule has 2 aromatic carbocycles. The van der Waals surface area contributed by atoms with Crippen LogP contribution in [0, 0.1) is 6.92 Å². The highest BCUT2D eigenvalue weighted by molar-refractivity contribution is 7.89. The zero-order chi connectivity index (χ0) is 18.9. The van der Waals surface area contributed by atoms with Gasteiger partial charge in [-0.15, -0.1) is 0 Å². The number of hydrogen-bond donors (Lipinski definition) is 0. The third-order valence-electron chi connectivity index (χ3n) is 4.49. The average Bonchev–Trinajstić information content (AvgIpc) is 2.64. The molecule has 3 rings (SSSR count). The third kappa shape index (κ3) is 3.78. The van der Waals surface area contributed by atoms with Crippen molar-refractivity contribution in [2.45, 2.75) is 11.8 Å². The number of anilines is 1. The predicted molar refractivity (Wildman–Crippen MR) is 105 cm³/mol. The third-order valence-corrected chi connectivity index (χ3v) is 7.26. The predicted octanol–water partition coefficient (Wildman–Crippen LogP) is 3.82. The SMILES string of the molecule is COc1cccc(N2CCN(S(=O)(=O)c3cc(C)c(Cl)cc3Cl)CC2)c1. The quantitative estimate of drug-likeness (QED) is 0.762. The second-order valence-corrected chi connectivity index (χ2v) is 8.85. The molecule has 0 radical (unpaired) electrons. The maximum atomic E-state index is 13.0. The van der Waals surface area contributed by atoms with E-state index in [0.29, 0.717) is 36.8 Å². The van der Waals surface area contributed by atoms with Gasteiger partial charge in [-0.3, -0.25) is 0 Å². The Bertz CT molecular complexity index is 911. The first-order valence-corrected chi connectivity index (χ1v) is 10.4. The molecule has 1 heterocycles. The Morgan fingerprint density at radius 1 is 1.00 bits per heavy atom. The van der Waals surface area contributed by atoms with Crippen LogP contribution in [-0.4, -0.2) is 46.0 Å². The molecule has 0 amide bonds. The molecule has 26 heavy (non-hydrogen) atoms. The Labute approximate surface area is 164 Å². The van der Waals surface area contributed by atoms with E-state index < -0.39 is 10.0 Å². The zero-order valence-corrected chi connectivity index (χ0v) is 16.9. The number of rotatable bonds is 4. The molecule has 8 heteroatoms. The largest absolute Gasteiger partial charge is 0.497 e. The van der Waals surface area contributed by atoms with Crippen LogP contribution in [0.5, 0.6) is 5.75 Å². The standard InChI is InChI=1S/C18H20Cl2N2O3S/c1-13-10-18(17(20)12-16(13)19)26(23,24)22-8-6-21(7-9-22)14-4-3-5-15(11-14)25-2/h3-5,10-12H,6-9H2,1-2H3. The maximum absolute atomic E-state index is 13.0. The van der Waals surface area contributed by atoms with Crippen molar-refractivity contribution in [1.82, 2.24) is 4.31 Å². The van der Waals surface area contributed by atoms with E-state index in [4.69, 9.17) is 27.9 Å². The number of methoxy groups -OCH3 is 1. The van der Waals surface area contributed by atoms with Crippen molar-refractivity contribution in [2.24, 2.45) is 0 Å². The van der Waals surface area contributed by atoms with Gasteiger partial charge in [-0.2, -0.15) is 4.31 Å². The summed E-state index contributed by atoms with van der Waals surface area (Å²) in [7, 11) is -2.03. The molecule has 0 atom stereocenters. The van der Waals surface area contributed by atoms with Gasteiger partial charge in [-0.1, -0.05) is 29.3 Å². The van der Waals surface area contributed by atoms with Crippen molar-refractivity contribution in [2.75, 3.05) is 38.2 Å². The number of sulfonamides is 1. The minimum Gasteiger partial charge on any atom is -0.497 e. The van der Waals surface area contributed by atoms with Gasteiger partial charge in [0.2, 0.25) is 10.0 Å². The first-order chi connectivity index (χ1) is 12.3. The van der Waals surface area contributed by atoms with Crippen LogP contribution >= 0.6 is 23.2 Å². The Hall–Kier alpha value is -1.47. The molecule has 1 aliphatic rings. The summed E-state index contributed by atoms with van der Waals surface area (Å²) in [5.74, 6) is 0.779. The molecule has 0 N–H and O–H groups in total. The summed E-state index contributed by atoms with van der Waals surface area (Å²) >= 11 is 12.2. The minimum absolute atomic E-state index is 0.107. The molecular formula is C18H20Cl2N2O3S. The van der Waals surface area contributed by atoms with Gasteiger partial charge in [-0.25, -0.2) is 8.42 Å². The van der Waals surface area contributed by atoms with Crippen molar-refractivity contribution >= 4 is 38.9 Å². The molecule has 0 saturated carbocycles. The Kier molecular flexibility index (Phi) is 5.67. The number of benzene rings is 2. The monoisotopic (exact) mass is 414 g/mol. The van der Waals surface area contributed by atoms with Crippen LogP contribution in [0.25, 0.3) is 0 Å². The van der Waals surface area contributed by atoms with Gasteiger partial charge < -0.3 is 9.64 Å². The number of halogens is 2. The van der Waals surface area contributed by atoms with Gasteiger partial charge in [0, 0.05) is 43.0 Å². The van der Waals surface area contributed by atoms with E-state index in [1.807, 2.05) is 24.3 Å². The fourth-order valence-electron chi connectivity index (χ4n) is 2.96. The molecule has 5 nitrogen and oxygen atoms in total. The Morgan fingerprint density at radius 2 is 1.69 bits per heavy atom. The van der Waals surface area contributed by atoms with Gasteiger partial charge in [0.05, 0.1) is 12.1 Å². The van der Waals surface area contributed by atoms with Gasteiger partial charge in [0.15, 0.2) is 0 Å². The Balaban J connectivity index is 1.78. The number of ether oxygens (including phenoxy) is 1. The van der Waals surface area contributed by atoms with Crippen molar-refractivity contribution in [3.63, 3.8) is 0 Å². The van der Waals surface area contributed by atoms with Gasteiger partial charge in [-0.05, 0) is 36.8 Å². The van der Waals surface area contributed by atoms with Gasteiger partial charge in [0.25, 0.3) is 0 Å². The van der Waals surface area contributed by atoms with Gasteiger partial charge in [0.1, 0.15) is 10.6 Å². The molecule has 1 aliphatic heterocycles. The summed E-state index contributed by atoms with van der Waals surface area (Å²) in [5, 5.41) is 0.604. The molecule has 0 spiro atoms. The highest BCUT2D eigenvalue weighted by atomic mass is 35.5. The zero-order valence-electron chi connectivity index (χ0n) is 14.6. The average molecular weight is 415 g/mol. The van der Waals surface area contributed by atoms with Crippen LogP contribution in [0.3, 0.4) is 0 Å². The van der Waals surface area contributed by atoms with Crippen LogP contribution in [0.15, 0.2) is 41.3 Å². The maximum Gasteiger partial charge on any atom is 0.244 e. The molecule has 2 aromatic rings. The second kappa shape index (κ2) is 7.64. The normalized spacial score (nSPS) is 15.9. The number of aryl methyl sites for hydroxylation is 1. The van der Waals surface area contributed by atoms with Crippen LogP contribution in [-0.2, 0) is 10.0 Å². The summed E-state index contributed by atoms with van der Waals surface area (Å²) in [5.41, 5.74) is 1.70. The number of piperazine rings is 1. The number of hydrogen-bond acceptors (Lipinski definition) is 4. The first-order valence-electron chi connectivity index (χ1n) is 8.17. The van der Waals surface area contributed by atoms with Crippen molar-refractivity contribution in [3.8, 4) is 5.75 Å². The summed E-state index contributed by atoms with van der Waals surface area (Å²) in [6.45, 7) is 3.72. The fourth-order valence-corrected chi connectivity index (χ4v) is 5.19. The summed E-state index contributed by atoms with van der Waals surface area (Å²) in [6, 6.07) is 10.8. The first kappa shape index (κ1) is 19.3. The van der Waals surface area contributed by atoms with E-state index in [1.165, 1.54) is 16.4 Å². The topological polar surface area (TPSA) is 49.9 Å². The molecule has 0 aromatic heterocycles. The summed E-state index contributed by atoms with van der Waals surface area (Å²) < 4.78 is 32.7. The lowest BCUT2D eigenvalue weighted by Gasteiger charge is -2.35. The molecule has 140 valence electrons. The summed E-state index contributed by atoms with van der Waals surface area (Å²) in [4.78, 5) is 2.25. The lowest BCUT2D eigenvalue weighted by Crippen LogP contribution is -2.48. The molecule has 0 unspecified atom stereocenters.